The number of nitrogens with zero attached hydrogens (tertiary/aromatic N) is 1. The van der Waals surface area contributed by atoms with E-state index in [4.69, 9.17) is 11.6 Å². The molecule has 112 valence electrons. The highest BCUT2D eigenvalue weighted by atomic mass is 35.5. The van der Waals surface area contributed by atoms with Crippen LogP contribution >= 0.6 is 22.9 Å². The van der Waals surface area contributed by atoms with E-state index in [-0.39, 0.29) is 0 Å². The van der Waals surface area contributed by atoms with Gasteiger partial charge in [-0.3, -0.25) is 0 Å². The Morgan fingerprint density at radius 3 is 3.00 bits per heavy atom. The van der Waals surface area contributed by atoms with Gasteiger partial charge in [-0.1, -0.05) is 24.9 Å². The van der Waals surface area contributed by atoms with Crippen LogP contribution in [-0.2, 0) is 6.42 Å². The lowest BCUT2D eigenvalue weighted by atomic mass is 10.1. The topological polar surface area (TPSA) is 15.3 Å². The summed E-state index contributed by atoms with van der Waals surface area (Å²) in [5, 5.41) is 3.76. The van der Waals surface area contributed by atoms with Crippen LogP contribution in [0, 0.1) is 5.92 Å². The summed E-state index contributed by atoms with van der Waals surface area (Å²) in [5.74, 6) is 0.728. The number of hydrogen-bond acceptors (Lipinski definition) is 3. The van der Waals surface area contributed by atoms with E-state index in [1.807, 2.05) is 0 Å². The maximum absolute atomic E-state index is 6.12. The summed E-state index contributed by atoms with van der Waals surface area (Å²) in [6.45, 7) is 7.35. The van der Waals surface area contributed by atoms with Crippen molar-refractivity contribution < 1.29 is 0 Å². The van der Waals surface area contributed by atoms with E-state index in [0.29, 0.717) is 6.04 Å². The summed E-state index contributed by atoms with van der Waals surface area (Å²) in [6.07, 6.45) is 6.64. The predicted molar refractivity (Wildman–Crippen MR) is 87.8 cm³/mol. The minimum atomic E-state index is 0.539. The Bertz CT molecular complexity index is 440. The molecule has 0 radical (unpaired) electrons. The monoisotopic (exact) mass is 312 g/mol. The summed E-state index contributed by atoms with van der Waals surface area (Å²) < 4.78 is 0.947. The van der Waals surface area contributed by atoms with Gasteiger partial charge in [0.15, 0.2) is 0 Å². The number of halogens is 1. The van der Waals surface area contributed by atoms with E-state index < -0.39 is 0 Å². The molecule has 4 heteroatoms. The summed E-state index contributed by atoms with van der Waals surface area (Å²) in [5.41, 5.74) is 1.46. The first-order valence-electron chi connectivity index (χ1n) is 7.96. The molecule has 20 heavy (non-hydrogen) atoms. The molecule has 0 bridgehead atoms. The molecule has 0 spiro atoms. The first kappa shape index (κ1) is 14.8. The normalized spacial score (nSPS) is 24.8. The average Bonchev–Trinajstić information content (AvgIpc) is 2.97. The van der Waals surface area contributed by atoms with Gasteiger partial charge in [-0.2, -0.15) is 0 Å². The van der Waals surface area contributed by atoms with Gasteiger partial charge in [0.25, 0.3) is 0 Å². The number of fused-ring (bicyclic) bond motifs is 1. The van der Waals surface area contributed by atoms with E-state index >= 15 is 0 Å². The second-order valence-corrected chi connectivity index (χ2v) is 8.16. The van der Waals surface area contributed by atoms with E-state index in [1.54, 1.807) is 11.3 Å². The molecule has 2 aliphatic rings. The van der Waals surface area contributed by atoms with Crippen molar-refractivity contribution in [2.24, 2.45) is 5.92 Å². The SMILES string of the molecule is CC(CNC1CCc2sc(Cl)cc21)CN1CCCCC1. The highest BCUT2D eigenvalue weighted by molar-refractivity contribution is 7.16. The van der Waals surface area contributed by atoms with Crippen LogP contribution in [0.15, 0.2) is 6.07 Å². The van der Waals surface area contributed by atoms with E-state index in [2.05, 4.69) is 23.2 Å². The summed E-state index contributed by atoms with van der Waals surface area (Å²) >= 11 is 7.88. The molecule has 1 N–H and O–H groups in total. The average molecular weight is 313 g/mol. The van der Waals surface area contributed by atoms with Crippen LogP contribution in [0.5, 0.6) is 0 Å². The minimum absolute atomic E-state index is 0.539. The second kappa shape index (κ2) is 6.78. The van der Waals surface area contributed by atoms with Gasteiger partial charge in [-0.15, -0.1) is 11.3 Å². The molecular weight excluding hydrogens is 288 g/mol. The Balaban J connectivity index is 1.45. The van der Waals surface area contributed by atoms with Crippen LogP contribution in [0.3, 0.4) is 0 Å². The van der Waals surface area contributed by atoms with Crippen LogP contribution in [0.25, 0.3) is 0 Å². The molecule has 0 aromatic carbocycles. The molecule has 0 saturated carbocycles. The molecule has 1 fully saturated rings. The van der Waals surface area contributed by atoms with Crippen LogP contribution in [-0.4, -0.2) is 31.1 Å². The first-order chi connectivity index (χ1) is 9.72. The van der Waals surface area contributed by atoms with Gasteiger partial charge in [0.1, 0.15) is 0 Å². The van der Waals surface area contributed by atoms with Crippen LogP contribution in [0.4, 0.5) is 0 Å². The molecule has 1 aromatic heterocycles. The first-order valence-corrected chi connectivity index (χ1v) is 9.15. The molecule has 1 saturated heterocycles. The van der Waals surface area contributed by atoms with Crippen molar-refractivity contribution in [3.8, 4) is 0 Å². The lowest BCUT2D eigenvalue weighted by Crippen LogP contribution is -2.37. The van der Waals surface area contributed by atoms with Gasteiger partial charge in [0.2, 0.25) is 0 Å². The number of rotatable bonds is 5. The molecular formula is C16H25ClN2S. The fourth-order valence-corrected chi connectivity index (χ4v) is 4.89. The fourth-order valence-electron chi connectivity index (χ4n) is 3.53. The van der Waals surface area contributed by atoms with E-state index in [9.17, 15) is 0 Å². The molecule has 1 aromatic rings. The van der Waals surface area contributed by atoms with Crippen LogP contribution in [0.2, 0.25) is 4.34 Å². The molecule has 2 unspecified atom stereocenters. The number of thiophene rings is 1. The van der Waals surface area contributed by atoms with Gasteiger partial charge in [0.05, 0.1) is 4.34 Å². The maximum Gasteiger partial charge on any atom is 0.0934 e. The molecule has 2 nitrogen and oxygen atoms in total. The third-order valence-corrected chi connectivity index (χ3v) is 5.92. The zero-order valence-electron chi connectivity index (χ0n) is 12.3. The van der Waals surface area contributed by atoms with E-state index in [0.717, 1.165) is 16.8 Å². The standard InChI is InChI=1S/C16H25ClN2S/c1-12(11-19-7-3-2-4-8-19)10-18-14-5-6-15-13(14)9-16(17)20-15/h9,12,14,18H,2-8,10-11H2,1H3. The van der Waals surface area contributed by atoms with Gasteiger partial charge in [-0.25, -0.2) is 0 Å². The van der Waals surface area contributed by atoms with Crippen molar-refractivity contribution >= 4 is 22.9 Å². The van der Waals surface area contributed by atoms with Crippen molar-refractivity contribution in [2.75, 3.05) is 26.2 Å². The Morgan fingerprint density at radius 2 is 2.20 bits per heavy atom. The zero-order chi connectivity index (χ0) is 13.9. The van der Waals surface area contributed by atoms with Gasteiger partial charge in [-0.05, 0) is 62.9 Å². The molecule has 1 aliphatic carbocycles. The largest absolute Gasteiger partial charge is 0.310 e. The highest BCUT2D eigenvalue weighted by Crippen LogP contribution is 2.39. The van der Waals surface area contributed by atoms with E-state index in [1.165, 1.54) is 62.2 Å². The molecule has 0 amide bonds. The summed E-state index contributed by atoms with van der Waals surface area (Å²) in [4.78, 5) is 4.13. The quantitative estimate of drug-likeness (QED) is 0.880. The number of piperidine rings is 1. The van der Waals surface area contributed by atoms with Crippen molar-refractivity contribution in [1.29, 1.82) is 0 Å². The minimum Gasteiger partial charge on any atom is -0.310 e. The van der Waals surface area contributed by atoms with Gasteiger partial charge < -0.3 is 10.2 Å². The molecule has 2 atom stereocenters. The number of aryl methyl sites for hydroxylation is 1. The summed E-state index contributed by atoms with van der Waals surface area (Å²) in [7, 11) is 0. The molecule has 1 aliphatic heterocycles. The number of likely N-dealkylation sites (tertiary alicyclic amines) is 1. The Kier molecular flexibility index (Phi) is 5.03. The van der Waals surface area contributed by atoms with Crippen LogP contribution < -0.4 is 5.32 Å². The third-order valence-electron chi connectivity index (χ3n) is 4.58. The number of nitrogens with one attached hydrogen (secondary N) is 1. The van der Waals surface area contributed by atoms with Crippen molar-refractivity contribution in [3.63, 3.8) is 0 Å². The van der Waals surface area contributed by atoms with Gasteiger partial charge in [0, 0.05) is 17.5 Å². The van der Waals surface area contributed by atoms with Gasteiger partial charge >= 0.3 is 0 Å². The second-order valence-electron chi connectivity index (χ2n) is 6.39. The Morgan fingerprint density at radius 1 is 1.40 bits per heavy atom. The molecule has 3 rings (SSSR count). The molecule has 2 heterocycles. The Hall–Kier alpha value is -0.0900. The van der Waals surface area contributed by atoms with Crippen molar-refractivity contribution in [2.45, 2.75) is 45.1 Å². The maximum atomic E-state index is 6.12. The Labute approximate surface area is 131 Å². The fraction of sp³-hybridized carbons (Fsp3) is 0.750. The third kappa shape index (κ3) is 3.56. The summed E-state index contributed by atoms with van der Waals surface area (Å²) in [6, 6.07) is 2.71. The van der Waals surface area contributed by atoms with Crippen molar-refractivity contribution in [3.05, 3.63) is 20.8 Å². The van der Waals surface area contributed by atoms with Crippen molar-refractivity contribution in [1.82, 2.24) is 10.2 Å². The lowest BCUT2D eigenvalue weighted by molar-refractivity contribution is 0.197. The number of hydrogen-bond donors (Lipinski definition) is 1. The predicted octanol–water partition coefficient (Wildman–Crippen LogP) is 4.10. The highest BCUT2D eigenvalue weighted by Gasteiger charge is 2.25. The smallest absolute Gasteiger partial charge is 0.0934 e. The lowest BCUT2D eigenvalue weighted by Gasteiger charge is -2.29. The zero-order valence-corrected chi connectivity index (χ0v) is 13.9. The van der Waals surface area contributed by atoms with Crippen LogP contribution in [0.1, 0.15) is 49.1 Å².